The largest absolute Gasteiger partial charge is 0.336 e. The van der Waals surface area contributed by atoms with E-state index in [9.17, 15) is 4.79 Å². The topological polar surface area (TPSA) is 23.6 Å². The summed E-state index contributed by atoms with van der Waals surface area (Å²) < 4.78 is 0.835. The van der Waals surface area contributed by atoms with Crippen LogP contribution >= 0.6 is 28.6 Å². The highest BCUT2D eigenvalue weighted by Gasteiger charge is 2.24. The van der Waals surface area contributed by atoms with E-state index in [0.717, 1.165) is 35.5 Å². The number of carbonyl (C=O) groups is 1. The Kier molecular flexibility index (Phi) is 4.92. The van der Waals surface area contributed by atoms with Gasteiger partial charge in [0.2, 0.25) is 0 Å². The summed E-state index contributed by atoms with van der Waals surface area (Å²) in [4.78, 5) is 17.6. The lowest BCUT2D eigenvalue weighted by Crippen LogP contribution is -2.50. The lowest BCUT2D eigenvalue weighted by atomic mass is 10.1. The summed E-state index contributed by atoms with van der Waals surface area (Å²) in [5.41, 5.74) is 0.700. The van der Waals surface area contributed by atoms with Crippen LogP contribution in [0.15, 0.2) is 27.6 Å². The van der Waals surface area contributed by atoms with Gasteiger partial charge >= 0.3 is 0 Å². The van der Waals surface area contributed by atoms with Crippen molar-refractivity contribution in [1.29, 1.82) is 0 Å². The number of piperazine rings is 1. The zero-order valence-corrected chi connectivity index (χ0v) is 13.7. The van der Waals surface area contributed by atoms with Crippen molar-refractivity contribution in [1.82, 2.24) is 9.80 Å². The average Bonchev–Trinajstić information content (AvgIpc) is 2.41. The molecule has 1 heterocycles. The van der Waals surface area contributed by atoms with E-state index in [1.807, 2.05) is 23.1 Å². The van der Waals surface area contributed by atoms with Gasteiger partial charge < -0.3 is 4.90 Å². The standard InChI is InChI=1S/C14H19BrN2OS/c1-10(2)16-5-7-17(8-6-16)14(18)12-9-11(19)3-4-13(12)15/h3-4,9-10,19H,5-8H2,1-2H3. The average molecular weight is 343 g/mol. The second-order valence-corrected chi connectivity index (χ2v) is 6.46. The molecule has 19 heavy (non-hydrogen) atoms. The molecule has 0 saturated carbocycles. The molecular weight excluding hydrogens is 324 g/mol. The summed E-state index contributed by atoms with van der Waals surface area (Å²) in [6.45, 7) is 7.86. The molecular formula is C14H19BrN2OS. The smallest absolute Gasteiger partial charge is 0.255 e. The molecule has 1 amide bonds. The van der Waals surface area contributed by atoms with Crippen molar-refractivity contribution < 1.29 is 4.79 Å². The minimum absolute atomic E-state index is 0.0891. The molecule has 1 fully saturated rings. The molecule has 2 rings (SSSR count). The van der Waals surface area contributed by atoms with Gasteiger partial charge in [0.05, 0.1) is 5.56 Å². The fraction of sp³-hybridized carbons (Fsp3) is 0.500. The monoisotopic (exact) mass is 342 g/mol. The van der Waals surface area contributed by atoms with Gasteiger partial charge in [-0.15, -0.1) is 12.6 Å². The molecule has 1 aromatic carbocycles. The molecule has 0 bridgehead atoms. The molecule has 3 nitrogen and oxygen atoms in total. The Morgan fingerprint density at radius 1 is 1.26 bits per heavy atom. The first-order valence-electron chi connectivity index (χ1n) is 6.51. The van der Waals surface area contributed by atoms with E-state index in [-0.39, 0.29) is 5.91 Å². The Morgan fingerprint density at radius 3 is 2.47 bits per heavy atom. The van der Waals surface area contributed by atoms with Crippen LogP contribution in [0.2, 0.25) is 0 Å². The van der Waals surface area contributed by atoms with Crippen LogP contribution in [0, 0.1) is 0 Å². The fourth-order valence-electron chi connectivity index (χ4n) is 2.29. The predicted molar refractivity (Wildman–Crippen MR) is 84.0 cm³/mol. The fourth-order valence-corrected chi connectivity index (χ4v) is 2.91. The van der Waals surface area contributed by atoms with Gasteiger partial charge in [-0.1, -0.05) is 0 Å². The number of hydrogen-bond acceptors (Lipinski definition) is 3. The van der Waals surface area contributed by atoms with Gasteiger partial charge in [-0.05, 0) is 48.0 Å². The number of rotatable bonds is 2. The molecule has 1 saturated heterocycles. The maximum atomic E-state index is 12.5. The molecule has 0 N–H and O–H groups in total. The first kappa shape index (κ1) is 14.9. The highest BCUT2D eigenvalue weighted by molar-refractivity contribution is 9.10. The zero-order chi connectivity index (χ0) is 14.0. The maximum Gasteiger partial charge on any atom is 0.255 e. The third-order valence-corrected chi connectivity index (χ3v) is 4.48. The van der Waals surface area contributed by atoms with Crippen molar-refractivity contribution in [3.63, 3.8) is 0 Å². The summed E-state index contributed by atoms with van der Waals surface area (Å²) in [7, 11) is 0. The van der Waals surface area contributed by atoms with Crippen molar-refractivity contribution in [2.45, 2.75) is 24.8 Å². The molecule has 1 aliphatic heterocycles. The van der Waals surface area contributed by atoms with Crippen molar-refractivity contribution in [3.05, 3.63) is 28.2 Å². The molecule has 0 radical (unpaired) electrons. The van der Waals surface area contributed by atoms with Crippen LogP contribution in [0.4, 0.5) is 0 Å². The van der Waals surface area contributed by atoms with Crippen LogP contribution in [-0.4, -0.2) is 47.9 Å². The lowest BCUT2D eigenvalue weighted by molar-refractivity contribution is 0.0594. The van der Waals surface area contributed by atoms with Gasteiger partial charge in [0.25, 0.3) is 5.91 Å². The highest BCUT2D eigenvalue weighted by Crippen LogP contribution is 2.22. The van der Waals surface area contributed by atoms with Crippen LogP contribution in [0.3, 0.4) is 0 Å². The summed E-state index contributed by atoms with van der Waals surface area (Å²) in [6.07, 6.45) is 0. The summed E-state index contributed by atoms with van der Waals surface area (Å²) in [5, 5.41) is 0. The quantitative estimate of drug-likeness (QED) is 0.835. The Morgan fingerprint density at radius 2 is 1.89 bits per heavy atom. The zero-order valence-electron chi connectivity index (χ0n) is 11.3. The Labute approximate surface area is 128 Å². The Balaban J connectivity index is 2.07. The van der Waals surface area contributed by atoms with E-state index in [0.29, 0.717) is 11.6 Å². The number of halogens is 1. The van der Waals surface area contributed by atoms with E-state index in [1.54, 1.807) is 0 Å². The molecule has 5 heteroatoms. The Hall–Kier alpha value is -0.520. The van der Waals surface area contributed by atoms with E-state index in [4.69, 9.17) is 0 Å². The summed E-state index contributed by atoms with van der Waals surface area (Å²) in [5.74, 6) is 0.0891. The second kappa shape index (κ2) is 6.29. The van der Waals surface area contributed by atoms with Gasteiger partial charge in [-0.25, -0.2) is 0 Å². The summed E-state index contributed by atoms with van der Waals surface area (Å²) >= 11 is 7.74. The Bertz CT molecular complexity index is 471. The van der Waals surface area contributed by atoms with Crippen molar-refractivity contribution in [3.8, 4) is 0 Å². The van der Waals surface area contributed by atoms with Crippen molar-refractivity contribution >= 4 is 34.5 Å². The van der Waals surface area contributed by atoms with Crippen LogP contribution < -0.4 is 0 Å². The molecule has 0 aromatic heterocycles. The van der Waals surface area contributed by atoms with E-state index in [2.05, 4.69) is 47.3 Å². The van der Waals surface area contributed by atoms with Gasteiger partial charge in [-0.3, -0.25) is 9.69 Å². The number of benzene rings is 1. The van der Waals surface area contributed by atoms with Crippen LogP contribution in [0.1, 0.15) is 24.2 Å². The van der Waals surface area contributed by atoms with Crippen LogP contribution in [0.5, 0.6) is 0 Å². The van der Waals surface area contributed by atoms with Gasteiger partial charge in [0.15, 0.2) is 0 Å². The number of nitrogens with zero attached hydrogens (tertiary/aromatic N) is 2. The number of carbonyl (C=O) groups excluding carboxylic acids is 1. The molecule has 0 aliphatic carbocycles. The predicted octanol–water partition coefficient (Wildman–Crippen LogP) is 2.90. The number of thiol groups is 1. The number of amides is 1. The first-order chi connectivity index (χ1) is 8.99. The maximum absolute atomic E-state index is 12.5. The minimum atomic E-state index is 0.0891. The van der Waals surface area contributed by atoms with Crippen molar-refractivity contribution in [2.24, 2.45) is 0 Å². The third-order valence-electron chi connectivity index (χ3n) is 3.51. The van der Waals surface area contributed by atoms with Gasteiger partial charge in [0, 0.05) is 41.6 Å². The molecule has 0 spiro atoms. The SMILES string of the molecule is CC(C)N1CCN(C(=O)c2cc(S)ccc2Br)CC1. The van der Waals surface area contributed by atoms with E-state index >= 15 is 0 Å². The second-order valence-electron chi connectivity index (χ2n) is 5.09. The molecule has 0 unspecified atom stereocenters. The van der Waals surface area contributed by atoms with Gasteiger partial charge in [-0.2, -0.15) is 0 Å². The van der Waals surface area contributed by atoms with Gasteiger partial charge in [0.1, 0.15) is 0 Å². The third kappa shape index (κ3) is 3.52. The van der Waals surface area contributed by atoms with Crippen LogP contribution in [0.25, 0.3) is 0 Å². The normalized spacial score (nSPS) is 17.0. The molecule has 0 atom stereocenters. The van der Waals surface area contributed by atoms with Crippen LogP contribution in [-0.2, 0) is 0 Å². The lowest BCUT2D eigenvalue weighted by Gasteiger charge is -2.37. The first-order valence-corrected chi connectivity index (χ1v) is 7.75. The van der Waals surface area contributed by atoms with Crippen molar-refractivity contribution in [2.75, 3.05) is 26.2 Å². The van der Waals surface area contributed by atoms with E-state index in [1.165, 1.54) is 0 Å². The molecule has 1 aromatic rings. The number of hydrogen-bond donors (Lipinski definition) is 1. The van der Waals surface area contributed by atoms with E-state index < -0.39 is 0 Å². The highest BCUT2D eigenvalue weighted by atomic mass is 79.9. The molecule has 1 aliphatic rings. The molecule has 104 valence electrons. The summed E-state index contributed by atoms with van der Waals surface area (Å²) in [6, 6.07) is 6.12. The minimum Gasteiger partial charge on any atom is -0.336 e.